The second-order valence-corrected chi connectivity index (χ2v) is 8.54. The summed E-state index contributed by atoms with van der Waals surface area (Å²) in [6.07, 6.45) is 7.24. The van der Waals surface area contributed by atoms with E-state index in [4.69, 9.17) is 0 Å². The van der Waals surface area contributed by atoms with Crippen LogP contribution in [-0.4, -0.2) is 38.9 Å². The number of rotatable bonds is 8. The SMILES string of the molecule is Cc1ccnc(N2C(=O)CS[C@H]2c2cccc(C(=O)NCCCCn3cccn3)c2)c1. The summed E-state index contributed by atoms with van der Waals surface area (Å²) < 4.78 is 1.89. The van der Waals surface area contributed by atoms with Crippen LogP contribution >= 0.6 is 11.8 Å². The molecule has 3 aromatic rings. The number of hydrogen-bond acceptors (Lipinski definition) is 5. The summed E-state index contributed by atoms with van der Waals surface area (Å²) in [6.45, 7) is 3.43. The van der Waals surface area contributed by atoms with Crippen LogP contribution in [0.4, 0.5) is 5.82 Å². The molecule has 1 fully saturated rings. The molecule has 3 heterocycles. The number of unbranched alkanes of at least 4 members (excludes halogenated alkanes) is 1. The zero-order valence-electron chi connectivity index (χ0n) is 17.4. The number of nitrogens with zero attached hydrogens (tertiary/aromatic N) is 4. The van der Waals surface area contributed by atoms with E-state index in [0.29, 0.717) is 23.7 Å². The Morgan fingerprint density at radius 2 is 2.10 bits per heavy atom. The van der Waals surface area contributed by atoms with Gasteiger partial charge in [0.1, 0.15) is 11.2 Å². The minimum atomic E-state index is -0.191. The lowest BCUT2D eigenvalue weighted by atomic mass is 10.1. The molecule has 0 radical (unpaired) electrons. The van der Waals surface area contributed by atoms with E-state index in [1.54, 1.807) is 35.1 Å². The van der Waals surface area contributed by atoms with Crippen LogP contribution in [0.1, 0.15) is 39.7 Å². The first-order valence-corrected chi connectivity index (χ1v) is 11.4. The Morgan fingerprint density at radius 3 is 2.90 bits per heavy atom. The molecule has 2 aromatic heterocycles. The fraction of sp³-hybridized carbons (Fsp3) is 0.304. The van der Waals surface area contributed by atoms with Gasteiger partial charge < -0.3 is 5.32 Å². The number of nitrogens with one attached hydrogen (secondary N) is 1. The maximum absolute atomic E-state index is 12.6. The van der Waals surface area contributed by atoms with Gasteiger partial charge in [-0.2, -0.15) is 5.10 Å². The van der Waals surface area contributed by atoms with Gasteiger partial charge in [-0.1, -0.05) is 12.1 Å². The molecule has 1 saturated heterocycles. The summed E-state index contributed by atoms with van der Waals surface area (Å²) in [4.78, 5) is 31.3. The molecular formula is C23H25N5O2S. The van der Waals surface area contributed by atoms with Crippen molar-refractivity contribution in [3.8, 4) is 0 Å². The van der Waals surface area contributed by atoms with E-state index in [1.165, 1.54) is 0 Å². The van der Waals surface area contributed by atoms with Crippen LogP contribution in [0, 0.1) is 6.92 Å². The molecular weight excluding hydrogens is 410 g/mol. The Balaban J connectivity index is 1.39. The average molecular weight is 436 g/mol. The van der Waals surface area contributed by atoms with Gasteiger partial charge in [0.25, 0.3) is 5.91 Å². The molecule has 0 saturated carbocycles. The van der Waals surface area contributed by atoms with Crippen LogP contribution in [0.2, 0.25) is 0 Å². The van der Waals surface area contributed by atoms with Crippen molar-refractivity contribution in [2.75, 3.05) is 17.2 Å². The van der Waals surface area contributed by atoms with Crippen molar-refractivity contribution in [1.29, 1.82) is 0 Å². The molecule has 1 atom stereocenters. The minimum absolute atomic E-state index is 0.0279. The van der Waals surface area contributed by atoms with Gasteiger partial charge in [-0.15, -0.1) is 11.8 Å². The fourth-order valence-electron chi connectivity index (χ4n) is 3.54. The third-order valence-electron chi connectivity index (χ3n) is 5.11. The molecule has 0 bridgehead atoms. The molecule has 1 aliphatic rings. The molecule has 1 aliphatic heterocycles. The van der Waals surface area contributed by atoms with Crippen molar-refractivity contribution in [3.05, 3.63) is 77.7 Å². The number of aryl methyl sites for hydroxylation is 2. The van der Waals surface area contributed by atoms with E-state index in [9.17, 15) is 9.59 Å². The monoisotopic (exact) mass is 435 g/mol. The van der Waals surface area contributed by atoms with E-state index in [2.05, 4.69) is 15.4 Å². The van der Waals surface area contributed by atoms with Crippen LogP contribution in [0.25, 0.3) is 0 Å². The Bertz CT molecular complexity index is 1050. The van der Waals surface area contributed by atoms with Crippen molar-refractivity contribution >= 4 is 29.4 Å². The molecule has 31 heavy (non-hydrogen) atoms. The maximum Gasteiger partial charge on any atom is 0.251 e. The average Bonchev–Trinajstić information content (AvgIpc) is 3.43. The van der Waals surface area contributed by atoms with Crippen molar-refractivity contribution in [1.82, 2.24) is 20.1 Å². The van der Waals surface area contributed by atoms with Gasteiger partial charge in [0, 0.05) is 37.2 Å². The summed E-state index contributed by atoms with van der Waals surface area (Å²) in [5.41, 5.74) is 2.57. The van der Waals surface area contributed by atoms with E-state index >= 15 is 0 Å². The molecule has 0 aliphatic carbocycles. The number of benzene rings is 1. The summed E-state index contributed by atoms with van der Waals surface area (Å²) >= 11 is 1.55. The predicted octanol–water partition coefficient (Wildman–Crippen LogP) is 3.58. The lowest BCUT2D eigenvalue weighted by Gasteiger charge is -2.24. The second kappa shape index (κ2) is 9.78. The number of amides is 2. The van der Waals surface area contributed by atoms with Crippen LogP contribution in [0.15, 0.2) is 61.1 Å². The normalized spacial score (nSPS) is 16.0. The van der Waals surface area contributed by atoms with Crippen LogP contribution < -0.4 is 10.2 Å². The van der Waals surface area contributed by atoms with Gasteiger partial charge >= 0.3 is 0 Å². The number of thioether (sulfide) groups is 1. The first-order chi connectivity index (χ1) is 15.1. The summed E-state index contributed by atoms with van der Waals surface area (Å²) in [7, 11) is 0. The van der Waals surface area contributed by atoms with Gasteiger partial charge in [-0.05, 0) is 61.2 Å². The summed E-state index contributed by atoms with van der Waals surface area (Å²) in [5.74, 6) is 0.968. The largest absolute Gasteiger partial charge is 0.352 e. The maximum atomic E-state index is 12.6. The van der Waals surface area contributed by atoms with Gasteiger partial charge in [0.15, 0.2) is 0 Å². The first kappa shape index (κ1) is 21.1. The summed E-state index contributed by atoms with van der Waals surface area (Å²) in [5, 5.41) is 6.97. The highest BCUT2D eigenvalue weighted by atomic mass is 32.2. The molecule has 4 rings (SSSR count). The Kier molecular flexibility index (Phi) is 6.66. The molecule has 2 amide bonds. The van der Waals surface area contributed by atoms with Crippen molar-refractivity contribution in [3.63, 3.8) is 0 Å². The molecule has 0 unspecified atom stereocenters. The Morgan fingerprint density at radius 1 is 1.19 bits per heavy atom. The third-order valence-corrected chi connectivity index (χ3v) is 6.32. The quantitative estimate of drug-likeness (QED) is 0.547. The van der Waals surface area contributed by atoms with Gasteiger partial charge in [0.05, 0.1) is 5.75 Å². The molecule has 1 aromatic carbocycles. The molecule has 0 spiro atoms. The number of pyridine rings is 1. The molecule has 1 N–H and O–H groups in total. The smallest absolute Gasteiger partial charge is 0.251 e. The van der Waals surface area contributed by atoms with Crippen LogP contribution in [0.5, 0.6) is 0 Å². The van der Waals surface area contributed by atoms with Crippen molar-refractivity contribution in [2.45, 2.75) is 31.7 Å². The molecule has 160 valence electrons. The zero-order valence-corrected chi connectivity index (χ0v) is 18.2. The highest BCUT2D eigenvalue weighted by Gasteiger charge is 2.35. The van der Waals surface area contributed by atoms with Crippen molar-refractivity contribution in [2.24, 2.45) is 0 Å². The number of carbonyl (C=O) groups excluding carboxylic acids is 2. The topological polar surface area (TPSA) is 80.1 Å². The lowest BCUT2D eigenvalue weighted by Crippen LogP contribution is -2.29. The lowest BCUT2D eigenvalue weighted by molar-refractivity contribution is -0.115. The number of carbonyl (C=O) groups is 2. The second-order valence-electron chi connectivity index (χ2n) is 7.48. The molecule has 7 nitrogen and oxygen atoms in total. The Labute approximate surface area is 185 Å². The van der Waals surface area contributed by atoms with Gasteiger partial charge in [-0.3, -0.25) is 19.2 Å². The highest BCUT2D eigenvalue weighted by molar-refractivity contribution is 8.00. The van der Waals surface area contributed by atoms with E-state index in [0.717, 1.165) is 30.5 Å². The minimum Gasteiger partial charge on any atom is -0.352 e. The third kappa shape index (κ3) is 5.14. The van der Waals surface area contributed by atoms with Crippen LogP contribution in [0.3, 0.4) is 0 Å². The number of aromatic nitrogens is 3. The number of anilines is 1. The van der Waals surface area contributed by atoms with Crippen LogP contribution in [-0.2, 0) is 11.3 Å². The van der Waals surface area contributed by atoms with Crippen molar-refractivity contribution < 1.29 is 9.59 Å². The van der Waals surface area contributed by atoms with E-state index in [-0.39, 0.29) is 17.2 Å². The zero-order chi connectivity index (χ0) is 21.6. The van der Waals surface area contributed by atoms with Gasteiger partial charge in [0.2, 0.25) is 5.91 Å². The fourth-order valence-corrected chi connectivity index (χ4v) is 4.69. The first-order valence-electron chi connectivity index (χ1n) is 10.3. The Hall–Kier alpha value is -3.13. The van der Waals surface area contributed by atoms with E-state index in [1.807, 2.05) is 54.2 Å². The van der Waals surface area contributed by atoms with Gasteiger partial charge in [-0.25, -0.2) is 4.98 Å². The standard InChI is InChI=1S/C23H25N5O2S/c1-17-8-11-24-20(14-17)28-21(29)16-31-23(28)19-7-4-6-18(15-19)22(30)25-9-2-3-12-27-13-5-10-26-27/h4-8,10-11,13-15,23H,2-3,9,12,16H2,1H3,(H,25,30)/t23-/m0/s1. The predicted molar refractivity (Wildman–Crippen MR) is 122 cm³/mol. The summed E-state index contributed by atoms with van der Waals surface area (Å²) in [6, 6.07) is 13.2. The van der Waals surface area contributed by atoms with E-state index < -0.39 is 0 Å². The highest BCUT2D eigenvalue weighted by Crippen LogP contribution is 2.41. The number of hydrogen-bond donors (Lipinski definition) is 1. The molecule has 8 heteroatoms.